The number of alkyl halides is 3. The summed E-state index contributed by atoms with van der Waals surface area (Å²) in [6, 6.07) is 13.3. The molecule has 33 heavy (non-hydrogen) atoms. The minimum Gasteiger partial charge on any atom is -0.361 e. The second kappa shape index (κ2) is 9.13. The number of carbonyl (C=O) groups excluding carboxylic acids is 1. The molecule has 4 rings (SSSR count). The van der Waals surface area contributed by atoms with Crippen molar-refractivity contribution in [2.75, 3.05) is 5.32 Å². The normalized spacial score (nSPS) is 11.8. The van der Waals surface area contributed by atoms with Crippen molar-refractivity contribution in [3.63, 3.8) is 0 Å². The number of anilines is 1. The predicted molar refractivity (Wildman–Crippen MR) is 122 cm³/mol. The van der Waals surface area contributed by atoms with E-state index in [2.05, 4.69) is 21.5 Å². The highest BCUT2D eigenvalue weighted by Crippen LogP contribution is 2.30. The number of fused-ring (bicyclic) bond motifs is 1. The monoisotopic (exact) mass is 454 g/mol. The number of amides is 1. The number of hydrogen-bond acceptors (Lipinski definition) is 2. The first-order valence-electron chi connectivity index (χ1n) is 10.8. The first-order chi connectivity index (χ1) is 15.7. The summed E-state index contributed by atoms with van der Waals surface area (Å²) in [6.45, 7) is 3.76. The second-order valence-electron chi connectivity index (χ2n) is 8.16. The molecule has 2 heterocycles. The number of aromatic nitrogens is 3. The van der Waals surface area contributed by atoms with Crippen molar-refractivity contribution in [2.24, 2.45) is 0 Å². The largest absolute Gasteiger partial charge is 0.416 e. The van der Waals surface area contributed by atoms with Gasteiger partial charge < -0.3 is 10.3 Å². The van der Waals surface area contributed by atoms with E-state index in [1.165, 1.54) is 17.0 Å². The van der Waals surface area contributed by atoms with Crippen LogP contribution < -0.4 is 5.32 Å². The summed E-state index contributed by atoms with van der Waals surface area (Å²) < 4.78 is 40.6. The predicted octanol–water partition coefficient (Wildman–Crippen LogP) is 6.01. The maximum absolute atomic E-state index is 13.0. The SMILES string of the molecule is Cc1nn(Cc2cccc(C(F)(F)F)c2)c(C)c1NC(=O)CCCc1c[nH]c2ccccc12. The molecule has 0 fully saturated rings. The van der Waals surface area contributed by atoms with E-state index in [1.807, 2.05) is 24.4 Å². The zero-order valence-electron chi connectivity index (χ0n) is 18.5. The fourth-order valence-corrected chi connectivity index (χ4v) is 4.03. The molecule has 0 radical (unpaired) electrons. The van der Waals surface area contributed by atoms with Gasteiger partial charge in [-0.25, -0.2) is 0 Å². The number of nitrogens with zero attached hydrogens (tertiary/aromatic N) is 2. The Morgan fingerprint density at radius 1 is 1.12 bits per heavy atom. The lowest BCUT2D eigenvalue weighted by Gasteiger charge is -2.10. The van der Waals surface area contributed by atoms with E-state index in [1.54, 1.807) is 24.6 Å². The van der Waals surface area contributed by atoms with Crippen molar-refractivity contribution in [2.45, 2.75) is 45.8 Å². The van der Waals surface area contributed by atoms with E-state index in [4.69, 9.17) is 0 Å². The Morgan fingerprint density at radius 3 is 2.70 bits per heavy atom. The number of halogens is 3. The number of aromatic amines is 1. The minimum atomic E-state index is -4.39. The van der Waals surface area contributed by atoms with Crippen molar-refractivity contribution in [1.29, 1.82) is 0 Å². The third kappa shape index (κ3) is 5.10. The van der Waals surface area contributed by atoms with E-state index < -0.39 is 11.7 Å². The molecule has 0 aliphatic rings. The van der Waals surface area contributed by atoms with Crippen LogP contribution in [0.5, 0.6) is 0 Å². The number of nitrogens with one attached hydrogen (secondary N) is 2. The van der Waals surface area contributed by atoms with Gasteiger partial charge in [0, 0.05) is 23.5 Å². The third-order valence-electron chi connectivity index (χ3n) is 5.76. The molecule has 4 aromatic rings. The molecule has 0 saturated heterocycles. The van der Waals surface area contributed by atoms with Crippen molar-refractivity contribution >= 4 is 22.5 Å². The summed E-state index contributed by atoms with van der Waals surface area (Å²) in [6.07, 6.45) is -0.572. The number of para-hydroxylation sites is 1. The zero-order chi connectivity index (χ0) is 23.6. The van der Waals surface area contributed by atoms with Crippen LogP contribution in [0.25, 0.3) is 10.9 Å². The molecule has 2 N–H and O–H groups in total. The Labute approximate surface area is 189 Å². The first kappa shape index (κ1) is 22.6. The lowest BCUT2D eigenvalue weighted by Crippen LogP contribution is -2.13. The van der Waals surface area contributed by atoms with Crippen LogP contribution >= 0.6 is 0 Å². The Kier molecular flexibility index (Phi) is 6.26. The lowest BCUT2D eigenvalue weighted by atomic mass is 10.1. The molecule has 0 bridgehead atoms. The Hall–Kier alpha value is -3.55. The van der Waals surface area contributed by atoms with Crippen molar-refractivity contribution in [1.82, 2.24) is 14.8 Å². The van der Waals surface area contributed by atoms with Crippen LogP contribution in [0.15, 0.2) is 54.7 Å². The van der Waals surface area contributed by atoms with Crippen LogP contribution in [0.1, 0.15) is 40.9 Å². The topological polar surface area (TPSA) is 62.7 Å². The Bertz CT molecular complexity index is 1290. The maximum atomic E-state index is 13.0. The van der Waals surface area contributed by atoms with Gasteiger partial charge in [-0.15, -0.1) is 0 Å². The molecule has 1 amide bonds. The Morgan fingerprint density at radius 2 is 1.91 bits per heavy atom. The van der Waals surface area contributed by atoms with Gasteiger partial charge >= 0.3 is 6.18 Å². The summed E-state index contributed by atoms with van der Waals surface area (Å²) in [5.74, 6) is -0.111. The van der Waals surface area contributed by atoms with Crippen molar-refractivity contribution in [3.8, 4) is 0 Å². The van der Waals surface area contributed by atoms with Gasteiger partial charge in [-0.2, -0.15) is 18.3 Å². The highest BCUT2D eigenvalue weighted by atomic mass is 19.4. The molecule has 8 heteroatoms. The highest BCUT2D eigenvalue weighted by Gasteiger charge is 2.30. The standard InChI is InChI=1S/C25H25F3N4O/c1-16-24(17(2)32(31-16)15-18-7-5-9-20(13-18)25(26,27)28)30-23(33)12-6-8-19-14-29-22-11-4-3-10-21(19)22/h3-5,7,9-11,13-14,29H,6,8,12,15H2,1-2H3,(H,30,33). The summed E-state index contributed by atoms with van der Waals surface area (Å²) in [7, 11) is 0. The lowest BCUT2D eigenvalue weighted by molar-refractivity contribution is -0.137. The van der Waals surface area contributed by atoms with Gasteiger partial charge in [0.2, 0.25) is 5.91 Å². The second-order valence-corrected chi connectivity index (χ2v) is 8.16. The summed E-state index contributed by atoms with van der Waals surface area (Å²) >= 11 is 0. The minimum absolute atomic E-state index is 0.111. The third-order valence-corrected chi connectivity index (χ3v) is 5.76. The summed E-state index contributed by atoms with van der Waals surface area (Å²) in [4.78, 5) is 15.8. The zero-order valence-corrected chi connectivity index (χ0v) is 18.5. The molecule has 2 aromatic carbocycles. The summed E-state index contributed by atoms with van der Waals surface area (Å²) in [5.41, 5.74) is 4.01. The highest BCUT2D eigenvalue weighted by molar-refractivity contribution is 5.92. The van der Waals surface area contributed by atoms with Gasteiger partial charge in [-0.3, -0.25) is 9.48 Å². The van der Waals surface area contributed by atoms with Gasteiger partial charge in [0.05, 0.1) is 29.2 Å². The number of rotatable bonds is 7. The number of hydrogen-bond donors (Lipinski definition) is 2. The van der Waals surface area contributed by atoms with Crippen molar-refractivity contribution in [3.05, 3.63) is 82.8 Å². The number of aryl methyl sites for hydroxylation is 2. The molecule has 0 spiro atoms. The molecule has 2 aromatic heterocycles. The van der Waals surface area contributed by atoms with Gasteiger partial charge in [0.1, 0.15) is 0 Å². The van der Waals surface area contributed by atoms with E-state index in [9.17, 15) is 18.0 Å². The molecule has 0 saturated carbocycles. The van der Waals surface area contributed by atoms with E-state index >= 15 is 0 Å². The molecule has 0 aliphatic heterocycles. The molecule has 0 atom stereocenters. The van der Waals surface area contributed by atoms with E-state index in [0.29, 0.717) is 35.5 Å². The van der Waals surface area contributed by atoms with Crippen LogP contribution in [-0.2, 0) is 23.9 Å². The van der Waals surface area contributed by atoms with Gasteiger partial charge in [0.15, 0.2) is 0 Å². The maximum Gasteiger partial charge on any atom is 0.416 e. The molecule has 5 nitrogen and oxygen atoms in total. The number of benzene rings is 2. The average Bonchev–Trinajstić information content (AvgIpc) is 3.30. The summed E-state index contributed by atoms with van der Waals surface area (Å²) in [5, 5.41) is 8.52. The quantitative estimate of drug-likeness (QED) is 0.359. The van der Waals surface area contributed by atoms with Crippen LogP contribution in [0.3, 0.4) is 0 Å². The van der Waals surface area contributed by atoms with Gasteiger partial charge in [-0.05, 0) is 56.0 Å². The first-order valence-corrected chi connectivity index (χ1v) is 10.8. The van der Waals surface area contributed by atoms with E-state index in [-0.39, 0.29) is 12.5 Å². The smallest absolute Gasteiger partial charge is 0.361 e. The van der Waals surface area contributed by atoms with Crippen LogP contribution in [-0.4, -0.2) is 20.7 Å². The average molecular weight is 454 g/mol. The van der Waals surface area contributed by atoms with Crippen LogP contribution in [0.4, 0.5) is 18.9 Å². The molecule has 0 unspecified atom stereocenters. The van der Waals surface area contributed by atoms with E-state index in [0.717, 1.165) is 24.1 Å². The fraction of sp³-hybridized carbons (Fsp3) is 0.280. The fourth-order valence-electron chi connectivity index (χ4n) is 4.03. The van der Waals surface area contributed by atoms with Gasteiger partial charge in [0.25, 0.3) is 0 Å². The number of H-pyrrole nitrogens is 1. The van der Waals surface area contributed by atoms with Crippen LogP contribution in [0, 0.1) is 13.8 Å². The molecule has 172 valence electrons. The Balaban J connectivity index is 1.38. The van der Waals surface area contributed by atoms with Gasteiger partial charge in [-0.1, -0.05) is 30.3 Å². The molecular weight excluding hydrogens is 429 g/mol. The van der Waals surface area contributed by atoms with Crippen molar-refractivity contribution < 1.29 is 18.0 Å². The molecule has 0 aliphatic carbocycles. The van der Waals surface area contributed by atoms with Crippen LogP contribution in [0.2, 0.25) is 0 Å². The number of carbonyl (C=O) groups is 1. The molecular formula is C25H25F3N4O.